The Labute approximate surface area is 151 Å². The first-order valence-corrected chi connectivity index (χ1v) is 7.98. The number of carbonyl (C=O) groups excluding carboxylic acids is 2. The third-order valence-electron chi connectivity index (χ3n) is 3.38. The normalized spacial score (nSPS) is 10.5. The predicted molar refractivity (Wildman–Crippen MR) is 99.7 cm³/mol. The van der Waals surface area contributed by atoms with Crippen LogP contribution < -0.4 is 10.1 Å². The summed E-state index contributed by atoms with van der Waals surface area (Å²) < 4.78 is 5.14. The van der Waals surface area contributed by atoms with Crippen molar-refractivity contribution in [2.45, 2.75) is 0 Å². The summed E-state index contributed by atoms with van der Waals surface area (Å²) in [4.78, 5) is 25.5. The van der Waals surface area contributed by atoms with Gasteiger partial charge in [0.15, 0.2) is 0 Å². The first-order chi connectivity index (χ1) is 12.0. The first kappa shape index (κ1) is 18.5. The van der Waals surface area contributed by atoms with E-state index in [1.165, 1.54) is 11.0 Å². The van der Waals surface area contributed by atoms with Gasteiger partial charge in [-0.3, -0.25) is 9.59 Å². The highest BCUT2D eigenvalue weighted by molar-refractivity contribution is 6.30. The van der Waals surface area contributed by atoms with Crippen molar-refractivity contribution in [1.29, 1.82) is 0 Å². The number of ether oxygens (including phenoxy) is 1. The van der Waals surface area contributed by atoms with Crippen LogP contribution >= 0.6 is 11.6 Å². The van der Waals surface area contributed by atoms with Crippen molar-refractivity contribution in [3.63, 3.8) is 0 Å². The molecule has 0 saturated heterocycles. The highest BCUT2D eigenvalue weighted by Crippen LogP contribution is 2.15. The van der Waals surface area contributed by atoms with E-state index in [1.807, 2.05) is 24.3 Å². The molecule has 0 atom stereocenters. The molecular weight excluding hydrogens is 340 g/mol. The molecule has 5 nitrogen and oxygen atoms in total. The SMILES string of the molecule is COc1cccc(/C=C/C(=O)N(C)CC(=O)Nc2cccc(Cl)c2)c1. The number of nitrogens with one attached hydrogen (secondary N) is 1. The van der Waals surface area contributed by atoms with Crippen LogP contribution in [0.2, 0.25) is 5.02 Å². The number of likely N-dealkylation sites (N-methyl/N-ethyl adjacent to an activating group) is 1. The topological polar surface area (TPSA) is 58.6 Å². The number of carbonyl (C=O) groups is 2. The predicted octanol–water partition coefficient (Wildman–Crippen LogP) is 3.46. The third-order valence-corrected chi connectivity index (χ3v) is 3.61. The second-order valence-electron chi connectivity index (χ2n) is 5.36. The van der Waals surface area contributed by atoms with Gasteiger partial charge in [0.25, 0.3) is 0 Å². The van der Waals surface area contributed by atoms with Crippen molar-refractivity contribution in [2.24, 2.45) is 0 Å². The van der Waals surface area contributed by atoms with Crippen molar-refractivity contribution in [1.82, 2.24) is 4.90 Å². The van der Waals surface area contributed by atoms with Crippen LogP contribution in [0.5, 0.6) is 5.75 Å². The van der Waals surface area contributed by atoms with Gasteiger partial charge in [-0.15, -0.1) is 0 Å². The lowest BCUT2D eigenvalue weighted by Gasteiger charge is -2.15. The summed E-state index contributed by atoms with van der Waals surface area (Å²) in [7, 11) is 3.15. The number of hydrogen-bond acceptors (Lipinski definition) is 3. The second-order valence-corrected chi connectivity index (χ2v) is 5.80. The van der Waals surface area contributed by atoms with E-state index >= 15 is 0 Å². The average molecular weight is 359 g/mol. The Morgan fingerprint density at radius 2 is 1.96 bits per heavy atom. The van der Waals surface area contributed by atoms with E-state index < -0.39 is 0 Å². The molecule has 0 unspecified atom stereocenters. The molecule has 2 aromatic rings. The van der Waals surface area contributed by atoms with Crippen LogP contribution in [-0.2, 0) is 9.59 Å². The molecule has 0 spiro atoms. The standard InChI is InChI=1S/C19H19ClN2O3/c1-22(13-18(23)21-16-7-4-6-15(20)12-16)19(24)10-9-14-5-3-8-17(11-14)25-2/h3-12H,13H2,1-2H3,(H,21,23)/b10-9+. The summed E-state index contributed by atoms with van der Waals surface area (Å²) in [6, 6.07) is 14.2. The molecule has 0 heterocycles. The average Bonchev–Trinajstić information content (AvgIpc) is 2.59. The third kappa shape index (κ3) is 5.97. The van der Waals surface area contributed by atoms with Crippen LogP contribution in [0.1, 0.15) is 5.56 Å². The molecule has 0 aromatic heterocycles. The van der Waals surface area contributed by atoms with Gasteiger partial charge in [0.1, 0.15) is 5.75 Å². The first-order valence-electron chi connectivity index (χ1n) is 7.60. The Bertz CT molecular complexity index is 790. The number of amides is 2. The number of methoxy groups -OCH3 is 1. The quantitative estimate of drug-likeness (QED) is 0.804. The minimum absolute atomic E-state index is 0.0617. The molecule has 130 valence electrons. The van der Waals surface area contributed by atoms with Crippen LogP contribution in [0, 0.1) is 0 Å². The summed E-state index contributed by atoms with van der Waals surface area (Å²) in [6.07, 6.45) is 3.09. The Morgan fingerprint density at radius 3 is 2.68 bits per heavy atom. The lowest BCUT2D eigenvalue weighted by Crippen LogP contribution is -2.33. The van der Waals surface area contributed by atoms with Crippen molar-refractivity contribution >= 4 is 35.2 Å². The molecular formula is C19H19ClN2O3. The highest BCUT2D eigenvalue weighted by Gasteiger charge is 2.11. The molecule has 2 aromatic carbocycles. The van der Waals surface area contributed by atoms with E-state index in [4.69, 9.17) is 16.3 Å². The molecule has 2 amide bonds. The minimum atomic E-state index is -0.298. The van der Waals surface area contributed by atoms with Gasteiger partial charge in [-0.1, -0.05) is 29.8 Å². The van der Waals surface area contributed by atoms with Crippen molar-refractivity contribution in [3.05, 3.63) is 65.2 Å². The van der Waals surface area contributed by atoms with Gasteiger partial charge in [0.05, 0.1) is 13.7 Å². The summed E-state index contributed by atoms with van der Waals surface area (Å²) >= 11 is 5.87. The smallest absolute Gasteiger partial charge is 0.246 e. The maximum absolute atomic E-state index is 12.1. The van der Waals surface area contributed by atoms with Gasteiger partial charge in [-0.05, 0) is 42.0 Å². The largest absolute Gasteiger partial charge is 0.497 e. The van der Waals surface area contributed by atoms with Gasteiger partial charge in [-0.25, -0.2) is 0 Å². The van der Waals surface area contributed by atoms with Gasteiger partial charge < -0.3 is 15.0 Å². The minimum Gasteiger partial charge on any atom is -0.497 e. The van der Waals surface area contributed by atoms with Crippen molar-refractivity contribution in [3.8, 4) is 5.75 Å². The van der Waals surface area contributed by atoms with E-state index in [0.29, 0.717) is 16.5 Å². The van der Waals surface area contributed by atoms with Crippen molar-refractivity contribution < 1.29 is 14.3 Å². The Balaban J connectivity index is 1.90. The van der Waals surface area contributed by atoms with E-state index in [0.717, 1.165) is 5.56 Å². The van der Waals surface area contributed by atoms with Crippen LogP contribution in [0.25, 0.3) is 6.08 Å². The van der Waals surface area contributed by atoms with Crippen LogP contribution in [0.4, 0.5) is 5.69 Å². The number of nitrogens with zero attached hydrogens (tertiary/aromatic N) is 1. The summed E-state index contributed by atoms with van der Waals surface area (Å²) in [5, 5.41) is 3.23. The van der Waals surface area contributed by atoms with Gasteiger partial charge in [0, 0.05) is 23.8 Å². The summed E-state index contributed by atoms with van der Waals surface area (Å²) in [5.41, 5.74) is 1.43. The second kappa shape index (κ2) is 8.89. The Hall–Kier alpha value is -2.79. The van der Waals surface area contributed by atoms with E-state index in [9.17, 15) is 9.59 Å². The van der Waals surface area contributed by atoms with E-state index in [1.54, 1.807) is 44.5 Å². The fourth-order valence-corrected chi connectivity index (χ4v) is 2.29. The maximum atomic E-state index is 12.1. The fourth-order valence-electron chi connectivity index (χ4n) is 2.10. The van der Waals surface area contributed by atoms with Crippen LogP contribution in [-0.4, -0.2) is 37.4 Å². The van der Waals surface area contributed by atoms with Gasteiger partial charge >= 0.3 is 0 Å². The number of rotatable bonds is 6. The lowest BCUT2D eigenvalue weighted by molar-refractivity contribution is -0.129. The van der Waals surface area contributed by atoms with E-state index in [-0.39, 0.29) is 18.4 Å². The molecule has 0 aliphatic rings. The number of hydrogen-bond donors (Lipinski definition) is 1. The molecule has 1 N–H and O–H groups in total. The molecule has 6 heteroatoms. The Morgan fingerprint density at radius 1 is 1.20 bits per heavy atom. The van der Waals surface area contributed by atoms with E-state index in [2.05, 4.69) is 5.32 Å². The molecule has 0 bridgehead atoms. The zero-order valence-corrected chi connectivity index (χ0v) is 14.8. The van der Waals surface area contributed by atoms with Crippen molar-refractivity contribution in [2.75, 3.05) is 26.0 Å². The molecule has 0 aliphatic heterocycles. The van der Waals surface area contributed by atoms with Crippen LogP contribution in [0.3, 0.4) is 0 Å². The fraction of sp³-hybridized carbons (Fsp3) is 0.158. The maximum Gasteiger partial charge on any atom is 0.246 e. The van der Waals surface area contributed by atoms with Gasteiger partial charge in [0.2, 0.25) is 11.8 Å². The molecule has 0 fully saturated rings. The molecule has 0 saturated carbocycles. The number of benzene rings is 2. The van der Waals surface area contributed by atoms with Gasteiger partial charge in [-0.2, -0.15) is 0 Å². The molecule has 0 radical (unpaired) electrons. The monoisotopic (exact) mass is 358 g/mol. The summed E-state index contributed by atoms with van der Waals surface area (Å²) in [5.74, 6) is 0.140. The molecule has 25 heavy (non-hydrogen) atoms. The lowest BCUT2D eigenvalue weighted by atomic mass is 10.2. The van der Waals surface area contributed by atoms with Crippen LogP contribution in [0.15, 0.2) is 54.6 Å². The molecule has 2 rings (SSSR count). The Kier molecular flexibility index (Phi) is 6.60. The summed E-state index contributed by atoms with van der Waals surface area (Å²) in [6.45, 7) is -0.0617. The molecule has 0 aliphatic carbocycles. The zero-order chi connectivity index (χ0) is 18.2. The zero-order valence-electron chi connectivity index (χ0n) is 14.0. The number of halogens is 1. The highest BCUT2D eigenvalue weighted by atomic mass is 35.5. The number of anilines is 1.